The number of nitrogens with two attached hydrogens (primary N) is 1. The van der Waals surface area contributed by atoms with Crippen LogP contribution in [-0.4, -0.2) is 36.2 Å². The molecule has 0 aliphatic carbocycles. The average Bonchev–Trinajstić information content (AvgIpc) is 2.99. The maximum absolute atomic E-state index is 11.2. The van der Waals surface area contributed by atoms with E-state index in [0.717, 1.165) is 22.5 Å². The fraction of sp³-hybridized carbons (Fsp3) is 0.455. The molecule has 3 N–H and O–H groups in total. The second-order valence-electron chi connectivity index (χ2n) is 4.26. The highest BCUT2D eigenvalue weighted by Crippen LogP contribution is 2.18. The lowest BCUT2D eigenvalue weighted by atomic mass is 10.5. The van der Waals surface area contributed by atoms with Gasteiger partial charge in [0.15, 0.2) is 11.0 Å². The number of carbonyl (C=O) groups excluding carboxylic acids is 1. The molecule has 1 amide bonds. The molecular weight excluding hydrogens is 358 g/mol. The molecular formula is C11H16BrN7OS. The van der Waals surface area contributed by atoms with Gasteiger partial charge in [0.05, 0.1) is 15.9 Å². The number of thioether (sulfide) groups is 1. The summed E-state index contributed by atoms with van der Waals surface area (Å²) in [4.78, 5) is 11.2. The number of hydrazine groups is 1. The van der Waals surface area contributed by atoms with Gasteiger partial charge in [0.1, 0.15) is 6.54 Å². The van der Waals surface area contributed by atoms with Crippen LogP contribution in [-0.2, 0) is 17.9 Å². The molecule has 2 aromatic heterocycles. The predicted molar refractivity (Wildman–Crippen MR) is 82.5 cm³/mol. The Balaban J connectivity index is 2.13. The van der Waals surface area contributed by atoms with E-state index in [1.54, 1.807) is 4.68 Å². The molecule has 8 nitrogen and oxygen atoms in total. The summed E-state index contributed by atoms with van der Waals surface area (Å²) < 4.78 is 4.72. The van der Waals surface area contributed by atoms with Gasteiger partial charge in [0.2, 0.25) is 5.91 Å². The third-order valence-electron chi connectivity index (χ3n) is 2.79. The minimum Gasteiger partial charge on any atom is -0.305 e. The van der Waals surface area contributed by atoms with Crippen LogP contribution in [0.25, 0.3) is 0 Å². The maximum atomic E-state index is 11.2. The highest BCUT2D eigenvalue weighted by Gasteiger charge is 2.14. The summed E-state index contributed by atoms with van der Waals surface area (Å²) in [6, 6.07) is 0. The second kappa shape index (κ2) is 7.05. The van der Waals surface area contributed by atoms with Crippen LogP contribution in [0.15, 0.2) is 15.8 Å². The number of aromatic nitrogens is 5. The number of hydrogen-bond acceptors (Lipinski definition) is 6. The van der Waals surface area contributed by atoms with E-state index in [-0.39, 0.29) is 11.7 Å². The monoisotopic (exact) mass is 373 g/mol. The van der Waals surface area contributed by atoms with Crippen molar-refractivity contribution in [2.45, 2.75) is 32.1 Å². The molecule has 2 aromatic rings. The van der Waals surface area contributed by atoms with Crippen molar-refractivity contribution < 1.29 is 4.79 Å². The van der Waals surface area contributed by atoms with Gasteiger partial charge in [-0.05, 0) is 29.8 Å². The first kappa shape index (κ1) is 16.0. The van der Waals surface area contributed by atoms with E-state index >= 15 is 0 Å². The zero-order chi connectivity index (χ0) is 15.4. The molecule has 0 radical (unpaired) electrons. The van der Waals surface area contributed by atoms with E-state index in [9.17, 15) is 4.79 Å². The maximum Gasteiger partial charge on any atom is 0.244 e. The molecule has 0 saturated carbocycles. The van der Waals surface area contributed by atoms with E-state index in [1.807, 2.05) is 24.6 Å². The molecule has 0 bridgehead atoms. The summed E-state index contributed by atoms with van der Waals surface area (Å²) in [6.07, 6.45) is 1.90. The first-order chi connectivity index (χ1) is 10.0. The summed E-state index contributed by atoms with van der Waals surface area (Å²) in [7, 11) is 0. The Morgan fingerprint density at radius 2 is 2.29 bits per heavy atom. The second-order valence-corrected chi connectivity index (χ2v) is 6.06. The van der Waals surface area contributed by atoms with Crippen LogP contribution in [0, 0.1) is 6.92 Å². The highest BCUT2D eigenvalue weighted by atomic mass is 79.9. The first-order valence-electron chi connectivity index (χ1n) is 6.29. The fourth-order valence-electron chi connectivity index (χ4n) is 1.75. The lowest BCUT2D eigenvalue weighted by molar-refractivity contribution is -0.118. The van der Waals surface area contributed by atoms with Crippen molar-refractivity contribution in [3.63, 3.8) is 0 Å². The quantitative estimate of drug-likeness (QED) is 0.334. The number of halogens is 1. The summed E-state index contributed by atoms with van der Waals surface area (Å²) in [5, 5.41) is 13.4. The zero-order valence-corrected chi connectivity index (χ0v) is 14.1. The Labute approximate surface area is 134 Å². The van der Waals surface area contributed by atoms with Gasteiger partial charge in [-0.25, -0.2) is 5.84 Å². The number of nitrogens with zero attached hydrogens (tertiary/aromatic N) is 5. The minimum absolute atomic E-state index is 0.209. The van der Waals surface area contributed by atoms with Gasteiger partial charge >= 0.3 is 0 Å². The van der Waals surface area contributed by atoms with Crippen molar-refractivity contribution in [2.24, 2.45) is 5.84 Å². The van der Waals surface area contributed by atoms with Crippen LogP contribution < -0.4 is 11.3 Å². The Morgan fingerprint density at radius 3 is 2.86 bits per heavy atom. The molecule has 0 saturated heterocycles. The SMILES string of the molecule is CCn1c(Cn2cc(Br)c(C)n2)nnc1SCC(=O)NN. The van der Waals surface area contributed by atoms with E-state index < -0.39 is 0 Å². The summed E-state index contributed by atoms with van der Waals surface area (Å²) in [5.41, 5.74) is 3.01. The van der Waals surface area contributed by atoms with Crippen molar-refractivity contribution in [2.75, 3.05) is 5.75 Å². The number of nitrogens with one attached hydrogen (secondary N) is 1. The standard InChI is InChI=1S/C11H16BrN7OS/c1-3-19-9(5-18-4-8(12)7(2)17-18)15-16-11(19)21-6-10(20)14-13/h4H,3,5-6,13H2,1-2H3,(H,14,20). The van der Waals surface area contributed by atoms with Gasteiger partial charge in [-0.15, -0.1) is 10.2 Å². The van der Waals surface area contributed by atoms with Gasteiger partial charge in [0, 0.05) is 12.7 Å². The molecule has 21 heavy (non-hydrogen) atoms. The molecule has 0 unspecified atom stereocenters. The number of aryl methyl sites for hydroxylation is 1. The Hall–Kier alpha value is -1.39. The smallest absolute Gasteiger partial charge is 0.244 e. The van der Waals surface area contributed by atoms with Crippen LogP contribution in [0.3, 0.4) is 0 Å². The Morgan fingerprint density at radius 1 is 1.52 bits per heavy atom. The van der Waals surface area contributed by atoms with E-state index in [2.05, 4.69) is 36.7 Å². The van der Waals surface area contributed by atoms with Crippen molar-refractivity contribution in [1.29, 1.82) is 0 Å². The first-order valence-corrected chi connectivity index (χ1v) is 8.06. The van der Waals surface area contributed by atoms with Gasteiger partial charge in [-0.1, -0.05) is 11.8 Å². The molecule has 0 spiro atoms. The van der Waals surface area contributed by atoms with E-state index in [0.29, 0.717) is 11.7 Å². The molecule has 0 fully saturated rings. The minimum atomic E-state index is -0.251. The average molecular weight is 374 g/mol. The summed E-state index contributed by atoms with van der Waals surface area (Å²) in [6.45, 7) is 5.18. The Bertz CT molecular complexity index is 619. The summed E-state index contributed by atoms with van der Waals surface area (Å²) >= 11 is 4.73. The molecule has 0 aliphatic rings. The van der Waals surface area contributed by atoms with E-state index in [4.69, 9.17) is 5.84 Å². The topological polar surface area (TPSA) is 104 Å². The van der Waals surface area contributed by atoms with Crippen LogP contribution >= 0.6 is 27.7 Å². The molecule has 10 heteroatoms. The predicted octanol–water partition coefficient (Wildman–Crippen LogP) is 0.696. The Kier molecular flexibility index (Phi) is 5.37. The molecule has 2 heterocycles. The van der Waals surface area contributed by atoms with Crippen molar-refractivity contribution in [3.05, 3.63) is 22.2 Å². The molecule has 114 valence electrons. The molecule has 0 aromatic carbocycles. The van der Waals surface area contributed by atoms with Crippen molar-refractivity contribution in [3.8, 4) is 0 Å². The normalized spacial score (nSPS) is 10.9. The van der Waals surface area contributed by atoms with E-state index in [1.165, 1.54) is 11.8 Å². The van der Waals surface area contributed by atoms with Crippen LogP contribution in [0.4, 0.5) is 0 Å². The van der Waals surface area contributed by atoms with Gasteiger partial charge in [-0.2, -0.15) is 5.10 Å². The number of rotatable bonds is 6. The van der Waals surface area contributed by atoms with Gasteiger partial charge < -0.3 is 4.57 Å². The van der Waals surface area contributed by atoms with Gasteiger partial charge in [0.25, 0.3) is 0 Å². The van der Waals surface area contributed by atoms with Gasteiger partial charge in [-0.3, -0.25) is 14.9 Å². The third-order valence-corrected chi connectivity index (χ3v) is 4.54. The van der Waals surface area contributed by atoms with Crippen molar-refractivity contribution in [1.82, 2.24) is 30.0 Å². The summed E-state index contributed by atoms with van der Waals surface area (Å²) in [5.74, 6) is 5.81. The lowest BCUT2D eigenvalue weighted by Crippen LogP contribution is -2.31. The number of carbonyl (C=O) groups is 1. The molecule has 0 atom stereocenters. The molecule has 2 rings (SSSR count). The largest absolute Gasteiger partial charge is 0.305 e. The third kappa shape index (κ3) is 3.83. The lowest BCUT2D eigenvalue weighted by Gasteiger charge is -2.07. The zero-order valence-electron chi connectivity index (χ0n) is 11.7. The van der Waals surface area contributed by atoms with Crippen LogP contribution in [0.2, 0.25) is 0 Å². The number of hydrogen-bond donors (Lipinski definition) is 2. The highest BCUT2D eigenvalue weighted by molar-refractivity contribution is 9.10. The van der Waals surface area contributed by atoms with Crippen LogP contribution in [0.5, 0.6) is 0 Å². The van der Waals surface area contributed by atoms with Crippen LogP contribution in [0.1, 0.15) is 18.4 Å². The molecule has 0 aliphatic heterocycles. The number of amides is 1. The van der Waals surface area contributed by atoms with Crippen molar-refractivity contribution >= 4 is 33.6 Å². The fourth-order valence-corrected chi connectivity index (χ4v) is 2.90.